The number of hydrogen-bond acceptors (Lipinski definition) is 6. The number of rotatable bonds is 4. The summed E-state index contributed by atoms with van der Waals surface area (Å²) in [6.45, 7) is 0. The van der Waals surface area contributed by atoms with Gasteiger partial charge in [0.15, 0.2) is 0 Å². The largest absolute Gasteiger partial charge is 0.339 e. The van der Waals surface area contributed by atoms with Gasteiger partial charge in [-0.05, 0) is 47.5 Å². The van der Waals surface area contributed by atoms with Crippen LogP contribution in [0.1, 0.15) is 0 Å². The minimum atomic E-state index is -0.457. The second-order valence-electron chi connectivity index (χ2n) is 8.54. The predicted octanol–water partition coefficient (Wildman–Crippen LogP) is 7.59. The van der Waals surface area contributed by atoms with Crippen LogP contribution in [0.25, 0.3) is 44.6 Å². The fourth-order valence-electron chi connectivity index (χ4n) is 4.09. The molecule has 39 heavy (non-hydrogen) atoms. The van der Waals surface area contributed by atoms with Crippen molar-refractivity contribution in [3.05, 3.63) is 115 Å². The third kappa shape index (κ3) is 5.42. The molecule has 0 saturated heterocycles. The molecule has 1 N–H and O–H groups in total. The Morgan fingerprint density at radius 3 is 1.87 bits per heavy atom. The van der Waals surface area contributed by atoms with E-state index in [2.05, 4.69) is 15.0 Å². The third-order valence-electron chi connectivity index (χ3n) is 6.02. The molecule has 0 fully saturated rings. The summed E-state index contributed by atoms with van der Waals surface area (Å²) in [6, 6.07) is 21.5. The van der Waals surface area contributed by atoms with E-state index >= 15 is 0 Å². The van der Waals surface area contributed by atoms with Gasteiger partial charge in [-0.3, -0.25) is 20.2 Å². The maximum Gasteiger partial charge on any atom is 0.288 e. The van der Waals surface area contributed by atoms with E-state index in [0.29, 0.717) is 26.7 Å². The first kappa shape index (κ1) is 25.8. The summed E-state index contributed by atoms with van der Waals surface area (Å²) in [5.74, 6) is 0. The lowest BCUT2D eigenvalue weighted by molar-refractivity contribution is -0.385. The molecular weight excluding hydrogens is 543 g/mol. The molecule has 6 rings (SSSR count). The number of nitrogens with one attached hydrogen (secondary N) is 1. The Kier molecular flexibility index (Phi) is 6.97. The van der Waals surface area contributed by atoms with Crippen LogP contribution in [-0.4, -0.2) is 29.4 Å². The quantitative estimate of drug-likeness (QED) is 0.174. The maximum absolute atomic E-state index is 10.8. The minimum Gasteiger partial charge on any atom is -0.339 e. The number of aromatic amines is 1. The van der Waals surface area contributed by atoms with Gasteiger partial charge in [0, 0.05) is 45.7 Å². The van der Waals surface area contributed by atoms with E-state index in [4.69, 9.17) is 23.2 Å². The SMILES string of the molecule is Cn1c(-c2ccc(Cl)cc2)cc2cc([N+](=O)[O-])cnc21.O=[N+]([O-])c1cnc2[nH]c(-c3ccc(Cl)cc3)cc2c1. The Morgan fingerprint density at radius 2 is 1.28 bits per heavy atom. The summed E-state index contributed by atoms with van der Waals surface area (Å²) in [4.78, 5) is 31.9. The van der Waals surface area contributed by atoms with Crippen molar-refractivity contribution in [2.24, 2.45) is 7.05 Å². The Hall–Kier alpha value is -4.80. The number of H-pyrrole nitrogens is 1. The lowest BCUT2D eigenvalue weighted by Crippen LogP contribution is -1.94. The molecule has 0 aliphatic heterocycles. The van der Waals surface area contributed by atoms with Gasteiger partial charge >= 0.3 is 0 Å². The van der Waals surface area contributed by atoms with Crippen molar-refractivity contribution in [3.8, 4) is 22.5 Å². The summed E-state index contributed by atoms with van der Waals surface area (Å²) in [5, 5.41) is 24.3. The van der Waals surface area contributed by atoms with Crippen LogP contribution in [-0.2, 0) is 7.05 Å². The number of benzene rings is 2. The molecule has 6 aromatic rings. The highest BCUT2D eigenvalue weighted by Gasteiger charge is 2.14. The fourth-order valence-corrected chi connectivity index (χ4v) is 4.35. The Morgan fingerprint density at radius 1 is 0.744 bits per heavy atom. The topological polar surface area (TPSA) is 133 Å². The molecule has 0 amide bonds. The number of pyridine rings is 2. The summed E-state index contributed by atoms with van der Waals surface area (Å²) in [6.07, 6.45) is 2.51. The van der Waals surface area contributed by atoms with Gasteiger partial charge in [0.2, 0.25) is 0 Å². The lowest BCUT2D eigenvalue weighted by Gasteiger charge is -2.03. The average molecular weight is 561 g/mol. The van der Waals surface area contributed by atoms with E-state index in [-0.39, 0.29) is 11.4 Å². The van der Waals surface area contributed by atoms with Crippen LogP contribution >= 0.6 is 23.2 Å². The summed E-state index contributed by atoms with van der Waals surface area (Å²) in [5.41, 5.74) is 5.02. The van der Waals surface area contributed by atoms with E-state index in [1.807, 2.05) is 60.1 Å². The first-order chi connectivity index (χ1) is 18.7. The van der Waals surface area contributed by atoms with Gasteiger partial charge in [-0.25, -0.2) is 9.97 Å². The number of aryl methyl sites for hydroxylation is 1. The lowest BCUT2D eigenvalue weighted by atomic mass is 10.1. The summed E-state index contributed by atoms with van der Waals surface area (Å²) in [7, 11) is 1.88. The van der Waals surface area contributed by atoms with E-state index < -0.39 is 9.85 Å². The molecule has 4 heterocycles. The molecule has 0 radical (unpaired) electrons. The van der Waals surface area contributed by atoms with Crippen molar-refractivity contribution >= 4 is 56.6 Å². The molecule has 10 nitrogen and oxygen atoms in total. The number of nitrogens with zero attached hydrogens (tertiary/aromatic N) is 5. The average Bonchev–Trinajstić information content (AvgIpc) is 3.50. The number of nitro groups is 2. The van der Waals surface area contributed by atoms with E-state index in [1.54, 1.807) is 12.1 Å². The van der Waals surface area contributed by atoms with Gasteiger partial charge < -0.3 is 9.55 Å². The predicted molar refractivity (Wildman–Crippen MR) is 151 cm³/mol. The molecule has 12 heteroatoms. The number of fused-ring (bicyclic) bond motifs is 2. The van der Waals surface area contributed by atoms with Crippen LogP contribution in [0.4, 0.5) is 11.4 Å². The first-order valence-corrected chi connectivity index (χ1v) is 12.2. The van der Waals surface area contributed by atoms with Gasteiger partial charge in [0.05, 0.1) is 15.5 Å². The molecule has 2 aromatic carbocycles. The van der Waals surface area contributed by atoms with E-state index in [0.717, 1.165) is 27.9 Å². The second-order valence-corrected chi connectivity index (χ2v) is 9.41. The normalized spacial score (nSPS) is 10.8. The van der Waals surface area contributed by atoms with Gasteiger partial charge in [-0.1, -0.05) is 47.5 Å². The van der Waals surface area contributed by atoms with Crippen LogP contribution in [0.2, 0.25) is 10.0 Å². The van der Waals surface area contributed by atoms with Crippen molar-refractivity contribution in [3.63, 3.8) is 0 Å². The monoisotopic (exact) mass is 560 g/mol. The molecule has 0 saturated carbocycles. The van der Waals surface area contributed by atoms with Gasteiger partial charge in [-0.2, -0.15) is 0 Å². The molecule has 0 spiro atoms. The number of halogens is 2. The number of aromatic nitrogens is 4. The Balaban J connectivity index is 0.000000158. The third-order valence-corrected chi connectivity index (χ3v) is 6.53. The van der Waals surface area contributed by atoms with Crippen molar-refractivity contribution in [1.82, 2.24) is 19.5 Å². The van der Waals surface area contributed by atoms with Gasteiger partial charge in [0.1, 0.15) is 23.7 Å². The number of hydrogen-bond donors (Lipinski definition) is 1. The highest BCUT2D eigenvalue weighted by atomic mass is 35.5. The maximum atomic E-state index is 10.8. The fraction of sp³-hybridized carbons (Fsp3) is 0.0370. The highest BCUT2D eigenvalue weighted by Crippen LogP contribution is 2.29. The van der Waals surface area contributed by atoms with Crippen LogP contribution in [0.15, 0.2) is 85.2 Å². The zero-order chi connectivity index (χ0) is 27.7. The van der Waals surface area contributed by atoms with Crippen molar-refractivity contribution in [1.29, 1.82) is 0 Å². The smallest absolute Gasteiger partial charge is 0.288 e. The van der Waals surface area contributed by atoms with Crippen molar-refractivity contribution in [2.45, 2.75) is 0 Å². The van der Waals surface area contributed by atoms with Gasteiger partial charge in [0.25, 0.3) is 11.4 Å². The standard InChI is InChI=1S/C14H10ClN3O2.C13H8ClN3O2/c1-17-13(9-2-4-11(15)5-3-9)7-10-6-12(18(19)20)8-16-14(10)17;14-10-3-1-8(2-4-10)12-6-9-5-11(17(18)19)7-15-13(9)16-12/h2-8H,1H3;1-7H,(H,15,16). The molecule has 194 valence electrons. The zero-order valence-corrected chi connectivity index (χ0v) is 21.7. The van der Waals surface area contributed by atoms with Gasteiger partial charge in [-0.15, -0.1) is 0 Å². The van der Waals surface area contributed by atoms with Crippen LogP contribution in [0.5, 0.6) is 0 Å². The molecule has 0 unspecified atom stereocenters. The Bertz CT molecular complexity index is 1850. The van der Waals surface area contributed by atoms with Crippen LogP contribution in [0.3, 0.4) is 0 Å². The minimum absolute atomic E-state index is 0.00856. The zero-order valence-electron chi connectivity index (χ0n) is 20.2. The molecule has 0 aliphatic rings. The van der Waals surface area contributed by atoms with Crippen molar-refractivity contribution in [2.75, 3.05) is 0 Å². The van der Waals surface area contributed by atoms with Crippen LogP contribution in [0, 0.1) is 20.2 Å². The molecule has 0 bridgehead atoms. The molecule has 0 atom stereocenters. The molecule has 0 aliphatic carbocycles. The van der Waals surface area contributed by atoms with Crippen molar-refractivity contribution < 1.29 is 9.85 Å². The van der Waals surface area contributed by atoms with E-state index in [1.165, 1.54) is 24.5 Å². The van der Waals surface area contributed by atoms with Crippen LogP contribution < -0.4 is 0 Å². The molecular formula is C27H18Cl2N6O4. The second kappa shape index (κ2) is 10.5. The highest BCUT2D eigenvalue weighted by molar-refractivity contribution is 6.30. The van der Waals surface area contributed by atoms with E-state index in [9.17, 15) is 20.2 Å². The Labute approximate surface area is 230 Å². The summed E-state index contributed by atoms with van der Waals surface area (Å²) >= 11 is 11.7. The summed E-state index contributed by atoms with van der Waals surface area (Å²) < 4.78 is 1.91. The molecule has 4 aromatic heterocycles. The first-order valence-electron chi connectivity index (χ1n) is 11.4.